The first-order valence-corrected chi connectivity index (χ1v) is 12.2. The fraction of sp³-hybridized carbons (Fsp3) is 0.111. The number of thioether (sulfide) groups is 1. The van der Waals surface area contributed by atoms with Gasteiger partial charge in [-0.25, -0.2) is 0 Å². The first-order valence-electron chi connectivity index (χ1n) is 7.66. The van der Waals surface area contributed by atoms with Crippen molar-refractivity contribution in [3.8, 4) is 5.75 Å². The predicted octanol–water partition coefficient (Wildman–Crippen LogP) is 7.12. The van der Waals surface area contributed by atoms with Gasteiger partial charge in [0.15, 0.2) is 4.32 Å². The fourth-order valence-corrected chi connectivity index (χ4v) is 6.20. The number of rotatable bonds is 4. The maximum Gasteiger partial charge on any atom is 0.270 e. The van der Waals surface area contributed by atoms with Gasteiger partial charge in [-0.3, -0.25) is 9.69 Å². The molecule has 2 aromatic rings. The number of carbonyl (C=O) groups is 1. The summed E-state index contributed by atoms with van der Waals surface area (Å²) in [6.07, 6.45) is 1.84. The Bertz CT molecular complexity index is 984. The summed E-state index contributed by atoms with van der Waals surface area (Å²) in [5.41, 5.74) is 1.51. The maximum absolute atomic E-state index is 13.0. The van der Waals surface area contributed by atoms with E-state index in [1.807, 2.05) is 31.2 Å². The topological polar surface area (TPSA) is 29.5 Å². The third-order valence-corrected chi connectivity index (χ3v) is 7.53. The number of thiocarbonyl (C=S) groups is 1. The normalized spacial score (nSPS) is 15.7. The second-order valence-corrected chi connectivity index (χ2v) is 10.7. The second-order valence-electron chi connectivity index (χ2n) is 5.35. The van der Waals surface area contributed by atoms with Crippen LogP contribution >= 0.6 is 96.7 Å². The number of ether oxygens (including phenoxy) is 1. The molecule has 1 heterocycles. The Morgan fingerprint density at radius 3 is 2.74 bits per heavy atom. The summed E-state index contributed by atoms with van der Waals surface area (Å²) in [5, 5.41) is 0.524. The van der Waals surface area contributed by atoms with Gasteiger partial charge in [0, 0.05) is 13.6 Å². The number of amides is 1. The van der Waals surface area contributed by atoms with Crippen LogP contribution < -0.4 is 9.64 Å². The molecule has 9 heteroatoms. The third-order valence-electron chi connectivity index (χ3n) is 3.57. The molecule has 0 aromatic heterocycles. The molecule has 0 spiro atoms. The number of halogens is 4. The third kappa shape index (κ3) is 4.82. The molecule has 3 rings (SSSR count). The molecule has 0 unspecified atom stereocenters. The Morgan fingerprint density at radius 2 is 2.07 bits per heavy atom. The molecule has 1 amide bonds. The summed E-state index contributed by atoms with van der Waals surface area (Å²) in [6.45, 7) is 2.49. The van der Waals surface area contributed by atoms with E-state index in [1.54, 1.807) is 12.1 Å². The van der Waals surface area contributed by atoms with Crippen LogP contribution in [-0.4, -0.2) is 16.8 Å². The lowest BCUT2D eigenvalue weighted by atomic mass is 10.2. The average Bonchev–Trinajstić information content (AvgIpc) is 2.87. The summed E-state index contributed by atoms with van der Waals surface area (Å²) < 4.78 is 9.11. The highest BCUT2D eigenvalue weighted by molar-refractivity contribution is 14.1. The quantitative estimate of drug-likeness (QED) is 0.193. The zero-order valence-electron chi connectivity index (χ0n) is 13.8. The lowest BCUT2D eigenvalue weighted by Crippen LogP contribution is -2.27. The van der Waals surface area contributed by atoms with Crippen molar-refractivity contribution in [2.24, 2.45) is 0 Å². The molecule has 140 valence electrons. The number of benzene rings is 2. The minimum Gasteiger partial charge on any atom is -0.492 e. The van der Waals surface area contributed by atoms with Gasteiger partial charge < -0.3 is 4.74 Å². The van der Waals surface area contributed by atoms with Gasteiger partial charge in [-0.2, -0.15) is 0 Å². The van der Waals surface area contributed by atoms with Crippen molar-refractivity contribution < 1.29 is 9.53 Å². The number of anilines is 1. The Kier molecular flexibility index (Phi) is 7.51. The number of carbonyl (C=O) groups excluding carboxylic acids is 1. The standard InChI is InChI=1S/C18H11BrClI2NO2S2/c1-2-25-16-9(5-10(21)7-14(16)22)6-15-17(24)23(18(26)27-15)11-3-4-12(19)13(20)8-11/h3-8H,2H2,1H3. The van der Waals surface area contributed by atoms with E-state index in [2.05, 4.69) is 61.1 Å². The molecule has 1 aliphatic rings. The molecule has 0 radical (unpaired) electrons. The maximum atomic E-state index is 13.0. The van der Waals surface area contributed by atoms with Crippen molar-refractivity contribution in [3.05, 3.63) is 57.4 Å². The van der Waals surface area contributed by atoms with Gasteiger partial charge in [0.2, 0.25) is 0 Å². The van der Waals surface area contributed by atoms with Crippen LogP contribution in [0.3, 0.4) is 0 Å². The first-order chi connectivity index (χ1) is 12.8. The van der Waals surface area contributed by atoms with E-state index in [-0.39, 0.29) is 5.91 Å². The van der Waals surface area contributed by atoms with Crippen LogP contribution in [0.15, 0.2) is 39.7 Å². The number of hydrogen-bond donors (Lipinski definition) is 0. The highest BCUT2D eigenvalue weighted by atomic mass is 127. The van der Waals surface area contributed by atoms with Gasteiger partial charge in [-0.1, -0.05) is 35.6 Å². The van der Waals surface area contributed by atoms with Gasteiger partial charge in [0.1, 0.15) is 5.75 Å². The number of nitrogens with zero attached hydrogens (tertiary/aromatic N) is 1. The molecule has 2 aromatic carbocycles. The Labute approximate surface area is 207 Å². The molecular weight excluding hydrogens is 696 g/mol. The van der Waals surface area contributed by atoms with Crippen molar-refractivity contribution in [1.82, 2.24) is 0 Å². The molecule has 0 aliphatic carbocycles. The highest BCUT2D eigenvalue weighted by Gasteiger charge is 2.33. The van der Waals surface area contributed by atoms with Crippen LogP contribution in [0.25, 0.3) is 6.08 Å². The number of hydrogen-bond acceptors (Lipinski definition) is 4. The highest BCUT2D eigenvalue weighted by Crippen LogP contribution is 2.39. The summed E-state index contributed by atoms with van der Waals surface area (Å²) in [5.74, 6) is 0.607. The van der Waals surface area contributed by atoms with Crippen molar-refractivity contribution in [1.29, 1.82) is 0 Å². The van der Waals surface area contributed by atoms with E-state index >= 15 is 0 Å². The van der Waals surface area contributed by atoms with Crippen molar-refractivity contribution in [2.75, 3.05) is 11.5 Å². The summed E-state index contributed by atoms with van der Waals surface area (Å²) in [4.78, 5) is 15.1. The zero-order valence-corrected chi connectivity index (χ0v) is 22.1. The predicted molar refractivity (Wildman–Crippen MR) is 138 cm³/mol. The van der Waals surface area contributed by atoms with Crippen molar-refractivity contribution in [2.45, 2.75) is 6.92 Å². The average molecular weight is 707 g/mol. The van der Waals surface area contributed by atoms with E-state index in [0.29, 0.717) is 26.5 Å². The molecule has 3 nitrogen and oxygen atoms in total. The van der Waals surface area contributed by atoms with Crippen LogP contribution in [0.2, 0.25) is 5.02 Å². The van der Waals surface area contributed by atoms with Gasteiger partial charge in [-0.05, 0) is 104 Å². The second kappa shape index (κ2) is 9.29. The SMILES string of the molecule is CCOc1c(I)cc(I)cc1C=C1SC(=S)N(c2ccc(Br)c(Cl)c2)C1=O. The van der Waals surface area contributed by atoms with Crippen LogP contribution in [0.5, 0.6) is 5.75 Å². The summed E-state index contributed by atoms with van der Waals surface area (Å²) in [6, 6.07) is 9.37. The van der Waals surface area contributed by atoms with Gasteiger partial charge in [0.25, 0.3) is 5.91 Å². The Balaban J connectivity index is 2.01. The molecule has 1 saturated heterocycles. The Hall–Kier alpha value is 0.120. The van der Waals surface area contributed by atoms with Gasteiger partial charge >= 0.3 is 0 Å². The largest absolute Gasteiger partial charge is 0.492 e. The monoisotopic (exact) mass is 705 g/mol. The minimum atomic E-state index is -0.167. The lowest BCUT2D eigenvalue weighted by Gasteiger charge is -2.15. The van der Waals surface area contributed by atoms with Crippen molar-refractivity contribution >= 4 is 119 Å². The van der Waals surface area contributed by atoms with Crippen LogP contribution in [0, 0.1) is 7.14 Å². The molecule has 0 atom stereocenters. The van der Waals surface area contributed by atoms with E-state index in [0.717, 1.165) is 22.9 Å². The molecule has 0 bridgehead atoms. The van der Waals surface area contributed by atoms with Gasteiger partial charge in [0.05, 0.1) is 25.8 Å². The fourth-order valence-electron chi connectivity index (χ4n) is 2.44. The lowest BCUT2D eigenvalue weighted by molar-refractivity contribution is -0.113. The van der Waals surface area contributed by atoms with Crippen LogP contribution in [0.1, 0.15) is 12.5 Å². The molecule has 0 saturated carbocycles. The summed E-state index contributed by atoms with van der Waals surface area (Å²) >= 11 is 20.8. The van der Waals surface area contributed by atoms with Gasteiger partial charge in [-0.15, -0.1) is 0 Å². The van der Waals surface area contributed by atoms with Crippen LogP contribution in [-0.2, 0) is 4.79 Å². The van der Waals surface area contributed by atoms with E-state index in [1.165, 1.54) is 16.7 Å². The molecule has 1 fully saturated rings. The molecule has 27 heavy (non-hydrogen) atoms. The zero-order chi connectivity index (χ0) is 19.7. The molecule has 1 aliphatic heterocycles. The molecule has 0 N–H and O–H groups in total. The Morgan fingerprint density at radius 1 is 1.33 bits per heavy atom. The van der Waals surface area contributed by atoms with Crippen molar-refractivity contribution in [3.63, 3.8) is 0 Å². The van der Waals surface area contributed by atoms with Crippen LogP contribution in [0.4, 0.5) is 5.69 Å². The first kappa shape index (κ1) is 21.8. The molecular formula is C18H11BrClI2NO2S2. The van der Waals surface area contributed by atoms with E-state index < -0.39 is 0 Å². The smallest absolute Gasteiger partial charge is 0.270 e. The van der Waals surface area contributed by atoms with E-state index in [9.17, 15) is 4.79 Å². The van der Waals surface area contributed by atoms with E-state index in [4.69, 9.17) is 28.6 Å². The minimum absolute atomic E-state index is 0.167. The summed E-state index contributed by atoms with van der Waals surface area (Å²) in [7, 11) is 0.